The van der Waals surface area contributed by atoms with Gasteiger partial charge in [0.2, 0.25) is 5.91 Å². The van der Waals surface area contributed by atoms with Crippen LogP contribution in [0.4, 0.5) is 0 Å². The highest BCUT2D eigenvalue weighted by Crippen LogP contribution is 2.32. The Kier molecular flexibility index (Phi) is 3.46. The number of rotatable bonds is 3. The monoisotopic (exact) mass is 276 g/mol. The van der Waals surface area contributed by atoms with Gasteiger partial charge in [0.15, 0.2) is 0 Å². The standard InChI is InChI=1S/C14H20N4O2/c15-13(19)12-8-11(16-17-12)9-4-6-18(7-5-9)14(20)10-2-1-3-10/h8-10H,1-7H2,(H2,15,19)(H,16,17). The van der Waals surface area contributed by atoms with Gasteiger partial charge >= 0.3 is 0 Å². The quantitative estimate of drug-likeness (QED) is 0.863. The molecule has 0 radical (unpaired) electrons. The molecule has 3 rings (SSSR count). The summed E-state index contributed by atoms with van der Waals surface area (Å²) in [5, 5.41) is 6.81. The molecule has 0 atom stereocenters. The summed E-state index contributed by atoms with van der Waals surface area (Å²) >= 11 is 0. The first-order chi connectivity index (χ1) is 9.65. The van der Waals surface area contributed by atoms with E-state index in [1.165, 1.54) is 6.42 Å². The molecular formula is C14H20N4O2. The number of primary amides is 1. The third kappa shape index (κ3) is 2.42. The van der Waals surface area contributed by atoms with Crippen molar-refractivity contribution in [2.45, 2.75) is 38.0 Å². The molecule has 1 aromatic heterocycles. The van der Waals surface area contributed by atoms with Crippen LogP contribution in [0.3, 0.4) is 0 Å². The number of carbonyl (C=O) groups excluding carboxylic acids is 2. The average Bonchev–Trinajstić information content (AvgIpc) is 2.86. The first-order valence-electron chi connectivity index (χ1n) is 7.29. The van der Waals surface area contributed by atoms with Gasteiger partial charge in [0, 0.05) is 30.6 Å². The molecule has 2 heterocycles. The lowest BCUT2D eigenvalue weighted by atomic mass is 9.83. The van der Waals surface area contributed by atoms with Crippen molar-refractivity contribution in [2.24, 2.45) is 11.7 Å². The molecule has 6 nitrogen and oxygen atoms in total. The highest BCUT2D eigenvalue weighted by Gasteiger charge is 2.32. The van der Waals surface area contributed by atoms with E-state index in [0.29, 0.717) is 11.8 Å². The Hall–Kier alpha value is -1.85. The van der Waals surface area contributed by atoms with Gasteiger partial charge in [0.1, 0.15) is 5.69 Å². The fourth-order valence-corrected chi connectivity index (χ4v) is 3.00. The Morgan fingerprint density at radius 2 is 1.95 bits per heavy atom. The maximum absolute atomic E-state index is 12.2. The zero-order chi connectivity index (χ0) is 14.1. The third-order valence-electron chi connectivity index (χ3n) is 4.55. The van der Waals surface area contributed by atoms with E-state index < -0.39 is 5.91 Å². The summed E-state index contributed by atoms with van der Waals surface area (Å²) in [6.45, 7) is 1.59. The van der Waals surface area contributed by atoms with Gasteiger partial charge in [0.25, 0.3) is 5.91 Å². The Morgan fingerprint density at radius 1 is 1.25 bits per heavy atom. The minimum Gasteiger partial charge on any atom is -0.364 e. The van der Waals surface area contributed by atoms with Gasteiger partial charge in [-0.1, -0.05) is 6.42 Å². The molecule has 1 aliphatic carbocycles. The van der Waals surface area contributed by atoms with E-state index in [9.17, 15) is 9.59 Å². The number of hydrogen-bond acceptors (Lipinski definition) is 3. The highest BCUT2D eigenvalue weighted by atomic mass is 16.2. The molecule has 3 N–H and O–H groups in total. The van der Waals surface area contributed by atoms with Gasteiger partial charge in [-0.05, 0) is 31.7 Å². The number of nitrogens with two attached hydrogens (primary N) is 1. The van der Waals surface area contributed by atoms with E-state index in [0.717, 1.165) is 44.5 Å². The molecule has 20 heavy (non-hydrogen) atoms. The first kappa shape index (κ1) is 13.1. The molecule has 0 bridgehead atoms. The van der Waals surface area contributed by atoms with Crippen molar-refractivity contribution in [2.75, 3.05) is 13.1 Å². The fraction of sp³-hybridized carbons (Fsp3) is 0.643. The number of piperidine rings is 1. The summed E-state index contributed by atoms with van der Waals surface area (Å²) in [5.41, 5.74) is 6.44. The van der Waals surface area contributed by atoms with Crippen molar-refractivity contribution in [3.8, 4) is 0 Å². The lowest BCUT2D eigenvalue weighted by molar-refractivity contribution is -0.139. The van der Waals surface area contributed by atoms with Crippen LogP contribution in [0.2, 0.25) is 0 Å². The van der Waals surface area contributed by atoms with E-state index in [-0.39, 0.29) is 11.6 Å². The zero-order valence-corrected chi connectivity index (χ0v) is 11.5. The van der Waals surface area contributed by atoms with Crippen LogP contribution in [0, 0.1) is 5.92 Å². The van der Waals surface area contributed by atoms with Crippen molar-refractivity contribution in [1.82, 2.24) is 15.1 Å². The molecule has 2 amide bonds. The first-order valence-corrected chi connectivity index (χ1v) is 7.29. The number of aromatic nitrogens is 2. The number of hydrogen-bond donors (Lipinski definition) is 2. The summed E-state index contributed by atoms with van der Waals surface area (Å²) in [6.07, 6.45) is 5.14. The summed E-state index contributed by atoms with van der Waals surface area (Å²) in [6, 6.07) is 1.73. The van der Waals surface area contributed by atoms with Crippen molar-refractivity contribution in [1.29, 1.82) is 0 Å². The van der Waals surface area contributed by atoms with Crippen LogP contribution in [0.1, 0.15) is 54.2 Å². The molecule has 1 saturated heterocycles. The summed E-state index contributed by atoms with van der Waals surface area (Å²) < 4.78 is 0. The maximum atomic E-state index is 12.2. The predicted molar refractivity (Wildman–Crippen MR) is 73.0 cm³/mol. The van der Waals surface area contributed by atoms with Crippen LogP contribution in [0.25, 0.3) is 0 Å². The number of amides is 2. The smallest absolute Gasteiger partial charge is 0.269 e. The average molecular weight is 276 g/mol. The highest BCUT2D eigenvalue weighted by molar-refractivity contribution is 5.90. The molecule has 6 heteroatoms. The van der Waals surface area contributed by atoms with Crippen LogP contribution < -0.4 is 5.73 Å². The molecule has 108 valence electrons. The second kappa shape index (κ2) is 5.26. The van der Waals surface area contributed by atoms with Crippen LogP contribution >= 0.6 is 0 Å². The van der Waals surface area contributed by atoms with E-state index >= 15 is 0 Å². The zero-order valence-electron chi connectivity index (χ0n) is 11.5. The van der Waals surface area contributed by atoms with Gasteiger partial charge in [-0.15, -0.1) is 0 Å². The van der Waals surface area contributed by atoms with Crippen molar-refractivity contribution in [3.05, 3.63) is 17.5 Å². The summed E-state index contributed by atoms with van der Waals surface area (Å²) in [4.78, 5) is 25.2. The maximum Gasteiger partial charge on any atom is 0.269 e. The SMILES string of the molecule is NC(=O)c1cc(C2CCN(C(=O)C3CCC3)CC2)[nH]n1. The van der Waals surface area contributed by atoms with Crippen molar-refractivity contribution >= 4 is 11.8 Å². The minimum atomic E-state index is -0.509. The molecule has 1 aliphatic heterocycles. The van der Waals surface area contributed by atoms with E-state index in [2.05, 4.69) is 10.2 Å². The molecule has 2 fully saturated rings. The van der Waals surface area contributed by atoms with E-state index in [1.807, 2.05) is 4.90 Å². The Bertz CT molecular complexity index is 513. The number of H-pyrrole nitrogens is 1. The van der Waals surface area contributed by atoms with Gasteiger partial charge in [0.05, 0.1) is 0 Å². The van der Waals surface area contributed by atoms with Crippen molar-refractivity contribution < 1.29 is 9.59 Å². The van der Waals surface area contributed by atoms with Gasteiger partial charge in [-0.25, -0.2) is 0 Å². The molecular weight excluding hydrogens is 256 g/mol. The third-order valence-corrected chi connectivity index (χ3v) is 4.55. The predicted octanol–water partition coefficient (Wildman–Crippen LogP) is 1.01. The molecule has 0 spiro atoms. The Labute approximate surface area is 117 Å². The number of likely N-dealkylation sites (tertiary alicyclic amines) is 1. The Balaban J connectivity index is 1.57. The second-order valence-corrected chi connectivity index (χ2v) is 5.80. The molecule has 2 aliphatic rings. The normalized spacial score (nSPS) is 20.7. The lowest BCUT2D eigenvalue weighted by Gasteiger charge is -2.36. The topological polar surface area (TPSA) is 92.1 Å². The largest absolute Gasteiger partial charge is 0.364 e. The molecule has 1 aromatic rings. The Morgan fingerprint density at radius 3 is 2.45 bits per heavy atom. The minimum absolute atomic E-state index is 0.278. The second-order valence-electron chi connectivity index (χ2n) is 5.80. The number of carbonyl (C=O) groups is 2. The molecule has 1 saturated carbocycles. The molecule has 0 aromatic carbocycles. The summed E-state index contributed by atoms with van der Waals surface area (Å²) in [5.74, 6) is 0.434. The lowest BCUT2D eigenvalue weighted by Crippen LogP contribution is -2.43. The van der Waals surface area contributed by atoms with E-state index in [1.54, 1.807) is 6.07 Å². The number of nitrogens with zero attached hydrogens (tertiary/aromatic N) is 2. The van der Waals surface area contributed by atoms with Gasteiger partial charge in [-0.2, -0.15) is 5.10 Å². The van der Waals surface area contributed by atoms with Crippen LogP contribution in [-0.4, -0.2) is 40.0 Å². The number of aromatic amines is 1. The van der Waals surface area contributed by atoms with E-state index in [4.69, 9.17) is 5.73 Å². The summed E-state index contributed by atoms with van der Waals surface area (Å²) in [7, 11) is 0. The van der Waals surface area contributed by atoms with Gasteiger partial charge < -0.3 is 10.6 Å². The van der Waals surface area contributed by atoms with Crippen LogP contribution in [0.5, 0.6) is 0 Å². The molecule has 0 unspecified atom stereocenters. The van der Waals surface area contributed by atoms with Crippen molar-refractivity contribution in [3.63, 3.8) is 0 Å². The fourth-order valence-electron chi connectivity index (χ4n) is 3.00. The van der Waals surface area contributed by atoms with Gasteiger partial charge in [-0.3, -0.25) is 14.7 Å². The van der Waals surface area contributed by atoms with Crippen LogP contribution in [0.15, 0.2) is 6.07 Å². The van der Waals surface area contributed by atoms with Crippen LogP contribution in [-0.2, 0) is 4.79 Å². The number of nitrogens with one attached hydrogen (secondary N) is 1.